The molecular formula is C57H107N5O46P6. The summed E-state index contributed by atoms with van der Waals surface area (Å²) in [7, 11) is -30.0. The molecule has 0 aromatic carbocycles. The number of fused-ring (bicyclic) bond motifs is 1. The summed E-state index contributed by atoms with van der Waals surface area (Å²) >= 11 is 0. The van der Waals surface area contributed by atoms with Crippen LogP contribution in [0.15, 0.2) is 12.7 Å². The molecule has 2 aromatic heterocycles. The second kappa shape index (κ2) is 47.6. The van der Waals surface area contributed by atoms with Crippen molar-refractivity contribution >= 4 is 64.1 Å². The minimum Gasteiger partial charge on any atom is -0.394 e. The van der Waals surface area contributed by atoms with Crippen LogP contribution in [0.25, 0.3) is 11.2 Å². The fraction of sp³-hybridized carbons (Fsp3) is 0.895. The molecule has 13 unspecified atom stereocenters. The van der Waals surface area contributed by atoms with Crippen molar-refractivity contribution in [3.8, 4) is 0 Å². The van der Waals surface area contributed by atoms with Gasteiger partial charge in [-0.15, -0.1) is 0 Å². The number of aryl methyl sites for hydroxylation is 1. The summed E-state index contributed by atoms with van der Waals surface area (Å²) in [6, 6.07) is -1.40. The number of phosphoric ester groups is 4. The van der Waals surface area contributed by atoms with E-state index in [0.29, 0.717) is 16.9 Å². The van der Waals surface area contributed by atoms with Gasteiger partial charge in [-0.25, -0.2) is 15.0 Å². The Morgan fingerprint density at radius 1 is 0.561 bits per heavy atom. The molecule has 0 radical (unpaired) electrons. The van der Waals surface area contributed by atoms with Crippen molar-refractivity contribution in [1.82, 2.24) is 24.8 Å². The van der Waals surface area contributed by atoms with E-state index in [0.717, 1.165) is 6.92 Å². The van der Waals surface area contributed by atoms with Crippen LogP contribution in [0.2, 0.25) is 0 Å². The number of nitrogens with one attached hydrogen (secondary N) is 1. The Kier molecular flexibility index (Phi) is 42.1. The van der Waals surface area contributed by atoms with Gasteiger partial charge < -0.3 is 84.4 Å². The van der Waals surface area contributed by atoms with Gasteiger partial charge in [0.1, 0.15) is 72.9 Å². The summed E-state index contributed by atoms with van der Waals surface area (Å²) in [5, 5.41) is 103. The van der Waals surface area contributed by atoms with Crippen molar-refractivity contribution < 1.29 is 220 Å². The van der Waals surface area contributed by atoms with Gasteiger partial charge in [-0.05, 0) is 6.92 Å². The molecule has 1 amide bonds. The molecule has 18 N–H and O–H groups in total. The molecule has 4 aliphatic rings. The molecule has 4 aliphatic heterocycles. The molecule has 114 heavy (non-hydrogen) atoms. The molecule has 25 atom stereocenters. The second-order valence-electron chi connectivity index (χ2n) is 26.5. The maximum absolute atomic E-state index is 13.3. The van der Waals surface area contributed by atoms with Crippen LogP contribution in [0.3, 0.4) is 0 Å². The summed E-state index contributed by atoms with van der Waals surface area (Å²) in [6.45, 7) is -8.82. The van der Waals surface area contributed by atoms with E-state index >= 15 is 0 Å². The Bertz CT molecular complexity index is 3420. The zero-order valence-electron chi connectivity index (χ0n) is 62.6. The fourth-order valence-electron chi connectivity index (χ4n) is 10.9. The molecule has 4 saturated heterocycles. The average Bonchev–Trinajstić information content (AvgIpc) is 1.63. The van der Waals surface area contributed by atoms with Crippen molar-refractivity contribution in [2.24, 2.45) is 23.2 Å². The maximum atomic E-state index is 13.3. The number of hydrogen-bond acceptors (Lipinski definition) is 44. The predicted molar refractivity (Wildman–Crippen MR) is 375 cm³/mol. The Hall–Kier alpha value is -2.00. The van der Waals surface area contributed by atoms with E-state index in [1.165, 1.54) is 44.9 Å². The summed E-state index contributed by atoms with van der Waals surface area (Å²) in [6.07, 6.45) is -17.8. The summed E-state index contributed by atoms with van der Waals surface area (Å²) in [4.78, 5) is 99.7. The zero-order chi connectivity index (χ0) is 84.4. The first-order valence-corrected chi connectivity index (χ1v) is 44.5. The van der Waals surface area contributed by atoms with Crippen LogP contribution in [0.1, 0.15) is 53.0 Å². The van der Waals surface area contributed by atoms with E-state index in [-0.39, 0.29) is 6.42 Å². The topological polar surface area (TPSA) is 714 Å². The Labute approximate surface area is 652 Å². The molecular weight excluding hydrogens is 1680 g/mol. The third-order valence-electron chi connectivity index (χ3n) is 17.3. The van der Waals surface area contributed by atoms with Gasteiger partial charge in [0.15, 0.2) is 24.5 Å². The quantitative estimate of drug-likeness (QED) is 0.0171. The molecule has 6 rings (SSSR count). The number of aromatic nitrogens is 4. The van der Waals surface area contributed by atoms with Gasteiger partial charge in [-0.2, -0.15) is 0 Å². The normalized spacial score (nSPS) is 30.8. The number of rotatable bonds is 56. The van der Waals surface area contributed by atoms with Gasteiger partial charge in [0.25, 0.3) is 0 Å². The summed E-state index contributed by atoms with van der Waals surface area (Å²) in [5.41, 5.74) is -1.56. The van der Waals surface area contributed by atoms with E-state index in [1.807, 2.05) is 0 Å². The molecule has 0 bridgehead atoms. The molecule has 4 fully saturated rings. The van der Waals surface area contributed by atoms with E-state index < -0.39 is 333 Å². The number of hydrogen-bond donors (Lipinski definition) is 18. The number of carbonyl (C=O) groups excluding carboxylic acids is 1. The smallest absolute Gasteiger partial charge is 0.394 e. The van der Waals surface area contributed by atoms with Gasteiger partial charge in [-0.3, -0.25) is 13.9 Å². The van der Waals surface area contributed by atoms with E-state index in [9.17, 15) is 113 Å². The van der Waals surface area contributed by atoms with Gasteiger partial charge >= 0.3 is 322 Å². The van der Waals surface area contributed by atoms with Crippen molar-refractivity contribution in [3.63, 3.8) is 0 Å². The third-order valence-corrected chi connectivity index (χ3v) is 24.0. The number of imidazole rings is 1. The number of nitrogens with zero attached hydrogens (tertiary/aromatic N) is 4. The standard InChI is InChI=1S/C57H107N5O46P6/c1-33(2)109(74,75)98-22-43-39(15-44(104-43)62-28-60-45-36(5)58-27-59-53(45)62)108-114(84,85)103-30-88-21-38(16-63)20-87-29-100-113(82,83)99-26-57(24-89-31-101-111(78,79)96-13-9-92-55-35(4)48(69)50(71)41(18-65)106-55,23-86-7-11-94-110(76,77)95-12-8-91-54-34(3)47(68)49(70)40(17-64)105-54)25-90-32-102-112(80,81)97-14-10-93-56-46(61-37(6)67)52(73)51(72)42(19-66)107-56/h27-28,33-35,38-44,46-52,54-56,63-66,68-73,82-83,113H,7-26,29-32H2,1-6H3,(H,61,67)(H,74,75)(H,76,77)(H,78,79)(H,80,81)(H,84,85)/t34?,35?,38?,39-,40?,41?,42?,43+,44+,46?,47+,48+,49-,50-,51-,52+,54+,55+,56+,57?/m0/s1. The summed E-state index contributed by atoms with van der Waals surface area (Å²) in [5.74, 6) is -3.36. The van der Waals surface area contributed by atoms with Gasteiger partial charge in [0, 0.05) is 25.2 Å². The fourth-order valence-corrected chi connectivity index (χ4v) is 15.1. The second-order valence-corrected chi connectivity index (χ2v) is 36.4. The molecule has 0 saturated carbocycles. The van der Waals surface area contributed by atoms with Crippen LogP contribution in [-0.2, 0) is 134 Å². The molecule has 2 aromatic rings. The van der Waals surface area contributed by atoms with Crippen molar-refractivity contribution in [3.05, 3.63) is 18.3 Å². The molecule has 666 valence electrons. The average molecular weight is 1780 g/mol. The molecule has 0 spiro atoms. The molecule has 6 heterocycles. The van der Waals surface area contributed by atoms with Crippen LogP contribution in [0.4, 0.5) is 0 Å². The van der Waals surface area contributed by atoms with Crippen LogP contribution in [0, 0.1) is 30.1 Å². The van der Waals surface area contributed by atoms with E-state index in [1.54, 1.807) is 6.92 Å². The Morgan fingerprint density at radius 2 is 1.03 bits per heavy atom. The molecule has 0 aliphatic carbocycles. The first-order chi connectivity index (χ1) is 53.6. The van der Waals surface area contributed by atoms with Gasteiger partial charge in [-0.1, -0.05) is 27.7 Å². The first-order valence-electron chi connectivity index (χ1n) is 35.1. The molecule has 57 heteroatoms. The van der Waals surface area contributed by atoms with Crippen molar-refractivity contribution in [2.45, 2.75) is 152 Å². The number of carbonyl (C=O) groups is 1. The van der Waals surface area contributed by atoms with Crippen molar-refractivity contribution in [2.75, 3.05) is 153 Å². The van der Waals surface area contributed by atoms with Crippen LogP contribution in [-0.4, -0.2) is 361 Å². The van der Waals surface area contributed by atoms with Gasteiger partial charge in [0.2, 0.25) is 5.91 Å². The van der Waals surface area contributed by atoms with Crippen LogP contribution in [0.5, 0.6) is 0 Å². The molecule has 51 nitrogen and oxygen atoms in total. The minimum atomic E-state index is -5.51. The van der Waals surface area contributed by atoms with E-state index in [4.69, 9.17) is 107 Å². The van der Waals surface area contributed by atoms with E-state index in [2.05, 4.69) is 20.3 Å². The SMILES string of the molecule is CC(=O)NC1[C@H](OCCOP(=O)(O)OCOCC(COCCOP(=O)(O)OCCO[C@@H]2OC(CO)[C@H](O)[C@H](O)C2C)(COCOP(=O)(O)OCCO[C@@H]2OC(CO)[C@H](O)[C@H](O)C2C)CO[PH](O)(O)OCOCC(CO)COCOP(=O)(O)O[C@H]2C[C@H](n3cnc4c(C)ncnc43)O[C@@H]2COP(=O)(O)C(C)C)OC(CO)[C@H](O)[C@@H]1O. The van der Waals surface area contributed by atoms with Crippen molar-refractivity contribution in [1.29, 1.82) is 0 Å². The number of aliphatic hydroxyl groups excluding tert-OH is 10. The first kappa shape index (κ1) is 101. The Balaban J connectivity index is 1.09. The number of aliphatic hydroxyl groups is 10. The monoisotopic (exact) mass is 1780 g/mol. The third kappa shape index (κ3) is 32.3. The predicted octanol–water partition coefficient (Wildman–Crippen LogP) is -3.99. The van der Waals surface area contributed by atoms with Crippen LogP contribution < -0.4 is 5.32 Å². The number of ether oxygens (including phenoxy) is 12. The van der Waals surface area contributed by atoms with Crippen LogP contribution >= 0.6 is 47.1 Å². The number of phosphoric acid groups is 4. The summed E-state index contributed by atoms with van der Waals surface area (Å²) < 4.78 is 189. The Morgan fingerprint density at radius 3 is 1.54 bits per heavy atom. The number of amides is 1. The zero-order valence-corrected chi connectivity index (χ0v) is 68.1. The van der Waals surface area contributed by atoms with Gasteiger partial charge in [0.05, 0.1) is 56.3 Å². The minimum absolute atomic E-state index is 0.144.